The molecule has 16 heavy (non-hydrogen) atoms. The Bertz CT molecular complexity index is 362. The molecule has 3 nitrogen and oxygen atoms in total. The maximum absolute atomic E-state index is 4.49. The first-order valence-electron chi connectivity index (χ1n) is 6.21. The Balaban J connectivity index is 1.96. The van der Waals surface area contributed by atoms with Crippen LogP contribution in [-0.4, -0.2) is 16.5 Å². The summed E-state index contributed by atoms with van der Waals surface area (Å²) in [6.45, 7) is 7.39. The van der Waals surface area contributed by atoms with Gasteiger partial charge in [0.1, 0.15) is 5.82 Å². The molecule has 1 saturated carbocycles. The molecule has 0 saturated heterocycles. The van der Waals surface area contributed by atoms with Gasteiger partial charge in [-0.05, 0) is 32.1 Å². The minimum absolute atomic E-state index is 0.807. The molecule has 0 spiro atoms. The van der Waals surface area contributed by atoms with Gasteiger partial charge in [0.05, 0.1) is 11.4 Å². The van der Waals surface area contributed by atoms with E-state index in [1.807, 2.05) is 20.0 Å². The lowest BCUT2D eigenvalue weighted by Gasteiger charge is -2.17. The Kier molecular flexibility index (Phi) is 3.42. The second-order valence-corrected chi connectivity index (χ2v) is 4.99. The number of hydrogen-bond acceptors (Lipinski definition) is 3. The van der Waals surface area contributed by atoms with Gasteiger partial charge in [-0.2, -0.15) is 0 Å². The van der Waals surface area contributed by atoms with Gasteiger partial charge in [-0.1, -0.05) is 19.8 Å². The predicted octanol–water partition coefficient (Wildman–Crippen LogP) is 2.94. The summed E-state index contributed by atoms with van der Waals surface area (Å²) >= 11 is 0. The molecule has 0 aliphatic heterocycles. The molecule has 1 N–H and O–H groups in total. The van der Waals surface area contributed by atoms with Gasteiger partial charge >= 0.3 is 0 Å². The third-order valence-electron chi connectivity index (χ3n) is 3.65. The molecule has 1 fully saturated rings. The van der Waals surface area contributed by atoms with E-state index in [1.165, 1.54) is 19.3 Å². The van der Waals surface area contributed by atoms with Crippen molar-refractivity contribution in [3.8, 4) is 0 Å². The van der Waals surface area contributed by atoms with Crippen molar-refractivity contribution in [1.82, 2.24) is 9.97 Å². The maximum Gasteiger partial charge on any atom is 0.147 e. The number of aromatic nitrogens is 2. The number of nitrogens with zero attached hydrogens (tertiary/aromatic N) is 2. The van der Waals surface area contributed by atoms with E-state index >= 15 is 0 Å². The SMILES string of the molecule is Cc1cnc(C)c(NCC2CCCC2C)n1. The zero-order valence-electron chi connectivity index (χ0n) is 10.5. The first kappa shape index (κ1) is 11.4. The lowest BCUT2D eigenvalue weighted by atomic mass is 9.98. The van der Waals surface area contributed by atoms with Gasteiger partial charge in [-0.3, -0.25) is 4.98 Å². The Morgan fingerprint density at radius 2 is 2.19 bits per heavy atom. The molecule has 88 valence electrons. The van der Waals surface area contributed by atoms with Crippen molar-refractivity contribution in [2.45, 2.75) is 40.0 Å². The number of hydrogen-bond donors (Lipinski definition) is 1. The molecule has 0 aromatic carbocycles. The van der Waals surface area contributed by atoms with Gasteiger partial charge in [0, 0.05) is 12.7 Å². The molecule has 0 radical (unpaired) electrons. The Morgan fingerprint density at radius 1 is 1.38 bits per heavy atom. The van der Waals surface area contributed by atoms with E-state index in [9.17, 15) is 0 Å². The summed E-state index contributed by atoms with van der Waals surface area (Å²) in [5.74, 6) is 2.62. The van der Waals surface area contributed by atoms with Crippen LogP contribution < -0.4 is 5.32 Å². The van der Waals surface area contributed by atoms with Crippen LogP contribution in [0.2, 0.25) is 0 Å². The first-order chi connectivity index (χ1) is 7.66. The number of nitrogens with one attached hydrogen (secondary N) is 1. The van der Waals surface area contributed by atoms with Crippen molar-refractivity contribution >= 4 is 5.82 Å². The van der Waals surface area contributed by atoms with E-state index in [0.717, 1.165) is 35.6 Å². The van der Waals surface area contributed by atoms with Gasteiger partial charge in [-0.25, -0.2) is 4.98 Å². The van der Waals surface area contributed by atoms with Crippen molar-refractivity contribution < 1.29 is 0 Å². The Hall–Kier alpha value is -1.12. The summed E-state index contributed by atoms with van der Waals surface area (Å²) in [5, 5.41) is 3.45. The summed E-state index contributed by atoms with van der Waals surface area (Å²) in [5.41, 5.74) is 1.98. The van der Waals surface area contributed by atoms with Crippen LogP contribution in [0.5, 0.6) is 0 Å². The van der Waals surface area contributed by atoms with Gasteiger partial charge in [0.2, 0.25) is 0 Å². The molecule has 2 rings (SSSR count). The maximum atomic E-state index is 4.49. The highest BCUT2D eigenvalue weighted by atomic mass is 15.0. The van der Waals surface area contributed by atoms with Crippen LogP contribution in [0.4, 0.5) is 5.82 Å². The molecule has 2 unspecified atom stereocenters. The summed E-state index contributed by atoms with van der Waals surface area (Å²) in [7, 11) is 0. The third-order valence-corrected chi connectivity index (χ3v) is 3.65. The predicted molar refractivity (Wildman–Crippen MR) is 66.5 cm³/mol. The van der Waals surface area contributed by atoms with E-state index in [-0.39, 0.29) is 0 Å². The van der Waals surface area contributed by atoms with E-state index < -0.39 is 0 Å². The van der Waals surface area contributed by atoms with Crippen LogP contribution in [-0.2, 0) is 0 Å². The van der Waals surface area contributed by atoms with Crippen LogP contribution in [0, 0.1) is 25.7 Å². The fourth-order valence-corrected chi connectivity index (χ4v) is 2.46. The molecule has 3 heteroatoms. The molecule has 1 aromatic heterocycles. The van der Waals surface area contributed by atoms with E-state index in [1.54, 1.807) is 0 Å². The lowest BCUT2D eigenvalue weighted by molar-refractivity contribution is 0.439. The zero-order chi connectivity index (χ0) is 11.5. The van der Waals surface area contributed by atoms with Crippen molar-refractivity contribution in [2.24, 2.45) is 11.8 Å². The summed E-state index contributed by atoms with van der Waals surface area (Å²) < 4.78 is 0. The van der Waals surface area contributed by atoms with Gasteiger partial charge in [0.15, 0.2) is 0 Å². The normalized spacial score (nSPS) is 24.7. The van der Waals surface area contributed by atoms with Crippen LogP contribution in [0.25, 0.3) is 0 Å². The monoisotopic (exact) mass is 219 g/mol. The number of rotatable bonds is 3. The topological polar surface area (TPSA) is 37.8 Å². The Labute approximate surface area is 97.7 Å². The number of anilines is 1. The quantitative estimate of drug-likeness (QED) is 0.849. The minimum atomic E-state index is 0.807. The first-order valence-corrected chi connectivity index (χ1v) is 6.21. The van der Waals surface area contributed by atoms with Crippen molar-refractivity contribution in [1.29, 1.82) is 0 Å². The summed E-state index contributed by atoms with van der Waals surface area (Å²) in [6, 6.07) is 0. The van der Waals surface area contributed by atoms with E-state index in [4.69, 9.17) is 0 Å². The minimum Gasteiger partial charge on any atom is -0.368 e. The largest absolute Gasteiger partial charge is 0.368 e. The van der Waals surface area contributed by atoms with Crippen molar-refractivity contribution in [2.75, 3.05) is 11.9 Å². The average molecular weight is 219 g/mol. The standard InChI is InChI=1S/C13H21N3/c1-9-5-4-6-12(9)8-15-13-11(3)14-7-10(2)16-13/h7,9,12H,4-6,8H2,1-3H3,(H,15,16). The van der Waals surface area contributed by atoms with Crippen LogP contribution >= 0.6 is 0 Å². The van der Waals surface area contributed by atoms with Gasteiger partial charge in [-0.15, -0.1) is 0 Å². The second kappa shape index (κ2) is 4.81. The highest BCUT2D eigenvalue weighted by Gasteiger charge is 2.23. The van der Waals surface area contributed by atoms with Crippen LogP contribution in [0.3, 0.4) is 0 Å². The lowest BCUT2D eigenvalue weighted by Crippen LogP contribution is -2.18. The highest BCUT2D eigenvalue weighted by molar-refractivity contribution is 5.39. The average Bonchev–Trinajstić information content (AvgIpc) is 2.66. The van der Waals surface area contributed by atoms with Gasteiger partial charge in [0.25, 0.3) is 0 Å². The molecule has 1 aliphatic rings. The van der Waals surface area contributed by atoms with Crippen LogP contribution in [0.1, 0.15) is 37.6 Å². The van der Waals surface area contributed by atoms with Crippen LogP contribution in [0.15, 0.2) is 6.20 Å². The molecule has 1 aromatic rings. The number of aryl methyl sites for hydroxylation is 2. The summed E-state index contributed by atoms with van der Waals surface area (Å²) in [6.07, 6.45) is 5.93. The zero-order valence-corrected chi connectivity index (χ0v) is 10.5. The Morgan fingerprint density at radius 3 is 2.88 bits per heavy atom. The second-order valence-electron chi connectivity index (χ2n) is 4.99. The fourth-order valence-electron chi connectivity index (χ4n) is 2.46. The fraction of sp³-hybridized carbons (Fsp3) is 0.692. The van der Waals surface area contributed by atoms with Crippen molar-refractivity contribution in [3.63, 3.8) is 0 Å². The molecular formula is C13H21N3. The molecule has 0 bridgehead atoms. The summed E-state index contributed by atoms with van der Waals surface area (Å²) in [4.78, 5) is 8.80. The molecule has 2 atom stereocenters. The van der Waals surface area contributed by atoms with Gasteiger partial charge < -0.3 is 5.32 Å². The van der Waals surface area contributed by atoms with E-state index in [0.29, 0.717) is 0 Å². The van der Waals surface area contributed by atoms with E-state index in [2.05, 4.69) is 22.2 Å². The highest BCUT2D eigenvalue weighted by Crippen LogP contribution is 2.31. The molecular weight excluding hydrogens is 198 g/mol. The molecule has 0 amide bonds. The third kappa shape index (κ3) is 2.52. The smallest absolute Gasteiger partial charge is 0.147 e. The molecule has 1 heterocycles. The van der Waals surface area contributed by atoms with Crippen molar-refractivity contribution in [3.05, 3.63) is 17.6 Å². The molecule has 1 aliphatic carbocycles.